The van der Waals surface area contributed by atoms with Crippen LogP contribution in [0.1, 0.15) is 0 Å². The number of rotatable bonds is 4. The molecule has 17 heavy (non-hydrogen) atoms. The van der Waals surface area contributed by atoms with Crippen molar-refractivity contribution < 1.29 is 18.3 Å². The first-order valence-electron chi connectivity index (χ1n) is 5.25. The van der Waals surface area contributed by atoms with Crippen LogP contribution >= 0.6 is 0 Å². The van der Waals surface area contributed by atoms with Gasteiger partial charge in [-0.05, 0) is 26.2 Å². The largest absolute Gasteiger partial charge is 0.586 e. The fraction of sp³-hybridized carbons (Fsp3) is 0.455. The number of likely N-dealkylation sites (N-methyl/N-ethyl adjacent to an activating group) is 1. The van der Waals surface area contributed by atoms with Gasteiger partial charge in [-0.1, -0.05) is 0 Å². The molecule has 0 bridgehead atoms. The molecule has 0 atom stereocenters. The highest BCUT2D eigenvalue weighted by atomic mass is 19.3. The highest BCUT2D eigenvalue weighted by Crippen LogP contribution is 2.42. The minimum absolute atomic E-state index is 0.0600. The Labute approximate surface area is 98.1 Å². The molecule has 1 N–H and O–H groups in total. The average Bonchev–Trinajstić information content (AvgIpc) is 2.50. The number of nitrogens with zero attached hydrogens (tertiary/aromatic N) is 1. The Kier molecular flexibility index (Phi) is 3.06. The molecule has 0 saturated carbocycles. The summed E-state index contributed by atoms with van der Waals surface area (Å²) in [5, 5.41) is 3.11. The Balaban J connectivity index is 1.99. The summed E-state index contributed by atoms with van der Waals surface area (Å²) < 4.78 is 34.2. The van der Waals surface area contributed by atoms with Crippen LogP contribution in [0.4, 0.5) is 14.5 Å². The van der Waals surface area contributed by atoms with E-state index in [1.807, 2.05) is 19.0 Å². The molecule has 6 heteroatoms. The summed E-state index contributed by atoms with van der Waals surface area (Å²) in [7, 11) is 3.92. The van der Waals surface area contributed by atoms with Gasteiger partial charge in [0.15, 0.2) is 11.5 Å². The van der Waals surface area contributed by atoms with Crippen LogP contribution in [0, 0.1) is 0 Å². The van der Waals surface area contributed by atoms with Crippen molar-refractivity contribution in [1.82, 2.24) is 4.90 Å². The zero-order valence-electron chi connectivity index (χ0n) is 9.67. The number of nitrogens with one attached hydrogen (secondary N) is 1. The minimum atomic E-state index is -3.55. The molecule has 0 aromatic heterocycles. The highest BCUT2D eigenvalue weighted by molar-refractivity contribution is 5.55. The van der Waals surface area contributed by atoms with Gasteiger partial charge in [0.2, 0.25) is 0 Å². The Morgan fingerprint density at radius 1 is 1.24 bits per heavy atom. The van der Waals surface area contributed by atoms with Gasteiger partial charge in [-0.2, -0.15) is 0 Å². The number of benzene rings is 1. The molecule has 2 rings (SSSR count). The van der Waals surface area contributed by atoms with Crippen LogP contribution in [0.15, 0.2) is 18.2 Å². The van der Waals surface area contributed by atoms with Crippen molar-refractivity contribution >= 4 is 5.69 Å². The molecule has 1 aliphatic heterocycles. The number of fused-ring (bicyclic) bond motifs is 1. The van der Waals surface area contributed by atoms with Crippen molar-refractivity contribution in [3.63, 3.8) is 0 Å². The summed E-state index contributed by atoms with van der Waals surface area (Å²) >= 11 is 0. The van der Waals surface area contributed by atoms with E-state index in [9.17, 15) is 8.78 Å². The minimum Gasteiger partial charge on any atom is -0.395 e. The van der Waals surface area contributed by atoms with E-state index < -0.39 is 6.29 Å². The molecule has 0 aliphatic carbocycles. The quantitative estimate of drug-likeness (QED) is 0.878. The molecule has 1 aromatic carbocycles. The van der Waals surface area contributed by atoms with Gasteiger partial charge >= 0.3 is 6.29 Å². The van der Waals surface area contributed by atoms with Crippen molar-refractivity contribution in [2.24, 2.45) is 0 Å². The maximum Gasteiger partial charge on any atom is 0.586 e. The molecule has 0 saturated heterocycles. The SMILES string of the molecule is CN(C)CCNc1ccc2c(c1)OC(F)(F)O2. The summed E-state index contributed by atoms with van der Waals surface area (Å²) in [6.07, 6.45) is -3.55. The predicted molar refractivity (Wildman–Crippen MR) is 59.7 cm³/mol. The van der Waals surface area contributed by atoms with E-state index in [1.165, 1.54) is 12.1 Å². The third-order valence-electron chi connectivity index (χ3n) is 2.29. The first kappa shape index (κ1) is 11.9. The molecule has 0 radical (unpaired) electrons. The number of ether oxygens (including phenoxy) is 2. The molecule has 1 aromatic rings. The fourth-order valence-corrected chi connectivity index (χ4v) is 1.48. The van der Waals surface area contributed by atoms with Gasteiger partial charge in [-0.25, -0.2) is 0 Å². The van der Waals surface area contributed by atoms with Crippen LogP contribution in [0.3, 0.4) is 0 Å². The standard InChI is InChI=1S/C11H14F2N2O2/c1-15(2)6-5-14-8-3-4-9-10(7-8)17-11(12,13)16-9/h3-4,7,14H,5-6H2,1-2H3. The summed E-state index contributed by atoms with van der Waals surface area (Å²) in [5.74, 6) is 0.123. The zero-order valence-corrected chi connectivity index (χ0v) is 9.67. The highest BCUT2D eigenvalue weighted by Gasteiger charge is 2.43. The Hall–Kier alpha value is -1.56. The second kappa shape index (κ2) is 4.37. The van der Waals surface area contributed by atoms with E-state index >= 15 is 0 Å². The van der Waals surface area contributed by atoms with Crippen molar-refractivity contribution in [1.29, 1.82) is 0 Å². The van der Waals surface area contributed by atoms with Gasteiger partial charge < -0.3 is 19.7 Å². The Bertz CT molecular complexity index is 410. The van der Waals surface area contributed by atoms with Gasteiger partial charge in [0.1, 0.15) is 0 Å². The second-order valence-corrected chi connectivity index (χ2v) is 4.06. The Morgan fingerprint density at radius 2 is 1.94 bits per heavy atom. The molecule has 1 aliphatic rings. The number of halogens is 2. The van der Waals surface area contributed by atoms with Crippen LogP contribution in [0.5, 0.6) is 11.5 Å². The molecule has 0 amide bonds. The maximum atomic E-state index is 12.8. The van der Waals surface area contributed by atoms with Gasteiger partial charge in [-0.15, -0.1) is 8.78 Å². The lowest BCUT2D eigenvalue weighted by atomic mass is 10.3. The third-order valence-corrected chi connectivity index (χ3v) is 2.29. The summed E-state index contributed by atoms with van der Waals surface area (Å²) in [6.45, 7) is 1.58. The molecule has 1 heterocycles. The summed E-state index contributed by atoms with van der Waals surface area (Å²) in [5.41, 5.74) is 0.729. The van der Waals surface area contributed by atoms with E-state index in [0.29, 0.717) is 0 Å². The van der Waals surface area contributed by atoms with Crippen LogP contribution in [-0.2, 0) is 0 Å². The normalized spacial score (nSPS) is 16.3. The van der Waals surface area contributed by atoms with Gasteiger partial charge in [0.25, 0.3) is 0 Å². The lowest BCUT2D eigenvalue weighted by Crippen LogP contribution is -2.25. The third kappa shape index (κ3) is 2.97. The average molecular weight is 244 g/mol. The smallest absolute Gasteiger partial charge is 0.395 e. The molecule has 0 spiro atoms. The molecular formula is C11H14F2N2O2. The maximum absolute atomic E-state index is 12.8. The van der Waals surface area contributed by atoms with E-state index in [2.05, 4.69) is 14.8 Å². The van der Waals surface area contributed by atoms with Crippen LogP contribution in [-0.4, -0.2) is 38.4 Å². The van der Waals surface area contributed by atoms with Crippen molar-refractivity contribution in [3.05, 3.63) is 18.2 Å². The van der Waals surface area contributed by atoms with E-state index in [0.717, 1.165) is 18.8 Å². The number of alkyl halides is 2. The molecule has 0 unspecified atom stereocenters. The van der Waals surface area contributed by atoms with Gasteiger partial charge in [0.05, 0.1) is 0 Å². The molecule has 4 nitrogen and oxygen atoms in total. The zero-order chi connectivity index (χ0) is 12.5. The van der Waals surface area contributed by atoms with Gasteiger partial charge in [0, 0.05) is 24.8 Å². The predicted octanol–water partition coefficient (Wildman–Crippen LogP) is 1.98. The molecule has 0 fully saturated rings. The monoisotopic (exact) mass is 244 g/mol. The first-order chi connectivity index (χ1) is 7.96. The van der Waals surface area contributed by atoms with E-state index in [-0.39, 0.29) is 11.5 Å². The van der Waals surface area contributed by atoms with Crippen LogP contribution < -0.4 is 14.8 Å². The first-order valence-corrected chi connectivity index (χ1v) is 5.25. The van der Waals surface area contributed by atoms with E-state index in [1.54, 1.807) is 6.07 Å². The van der Waals surface area contributed by atoms with Gasteiger partial charge in [-0.3, -0.25) is 0 Å². The summed E-state index contributed by atoms with van der Waals surface area (Å²) in [4.78, 5) is 2.02. The summed E-state index contributed by atoms with van der Waals surface area (Å²) in [6, 6.07) is 4.65. The lowest BCUT2D eigenvalue weighted by molar-refractivity contribution is -0.286. The second-order valence-electron chi connectivity index (χ2n) is 4.06. The number of anilines is 1. The van der Waals surface area contributed by atoms with Crippen LogP contribution in [0.2, 0.25) is 0 Å². The number of hydrogen-bond acceptors (Lipinski definition) is 4. The fourth-order valence-electron chi connectivity index (χ4n) is 1.48. The number of hydrogen-bond donors (Lipinski definition) is 1. The van der Waals surface area contributed by atoms with Crippen LogP contribution in [0.25, 0.3) is 0 Å². The van der Waals surface area contributed by atoms with E-state index in [4.69, 9.17) is 0 Å². The molecule has 94 valence electrons. The Morgan fingerprint density at radius 3 is 2.65 bits per heavy atom. The van der Waals surface area contributed by atoms with Crippen molar-refractivity contribution in [3.8, 4) is 11.5 Å². The van der Waals surface area contributed by atoms with Crippen molar-refractivity contribution in [2.75, 3.05) is 32.5 Å². The topological polar surface area (TPSA) is 33.7 Å². The lowest BCUT2D eigenvalue weighted by Gasteiger charge is -2.11. The van der Waals surface area contributed by atoms with Crippen molar-refractivity contribution in [2.45, 2.75) is 6.29 Å². The molecular weight excluding hydrogens is 230 g/mol.